The Morgan fingerprint density at radius 1 is 1.16 bits per heavy atom. The summed E-state index contributed by atoms with van der Waals surface area (Å²) in [4.78, 5) is 0. The van der Waals surface area contributed by atoms with Gasteiger partial charge in [0.05, 0.1) is 26.0 Å². The number of benzene rings is 1. The summed E-state index contributed by atoms with van der Waals surface area (Å²) < 4.78 is 34.8. The molecule has 1 aromatic carbocycles. The average Bonchev–Trinajstić information content (AvgIpc) is 2.61. The molecule has 5 nitrogen and oxygen atoms in total. The second-order valence-corrected chi connectivity index (χ2v) is 8.43. The molecule has 0 bridgehead atoms. The van der Waals surface area contributed by atoms with E-state index in [-0.39, 0.29) is 12.2 Å². The molecule has 1 heterocycles. The Kier molecular flexibility index (Phi) is 8.60. The summed E-state index contributed by atoms with van der Waals surface area (Å²) >= 11 is 0. The van der Waals surface area contributed by atoms with Gasteiger partial charge in [0.15, 0.2) is 6.29 Å². The summed E-state index contributed by atoms with van der Waals surface area (Å²) in [5.41, 5.74) is 2.15. The highest BCUT2D eigenvalue weighted by Gasteiger charge is 2.24. The Labute approximate surface area is 151 Å². The van der Waals surface area contributed by atoms with E-state index in [4.69, 9.17) is 18.5 Å². The summed E-state index contributed by atoms with van der Waals surface area (Å²) in [5.74, 6) is 0.283. The van der Waals surface area contributed by atoms with Gasteiger partial charge in [-0.25, -0.2) is 0 Å². The van der Waals surface area contributed by atoms with E-state index >= 15 is 0 Å². The molecular weight excluding hydrogens is 339 g/mol. The van der Waals surface area contributed by atoms with Crippen molar-refractivity contribution in [2.75, 3.05) is 26.4 Å². The lowest BCUT2D eigenvalue weighted by atomic mass is 10.0. The molecule has 0 amide bonds. The van der Waals surface area contributed by atoms with Crippen molar-refractivity contribution < 1.29 is 23.1 Å². The molecule has 0 N–H and O–H groups in total. The molecule has 1 aromatic rings. The van der Waals surface area contributed by atoms with E-state index in [0.29, 0.717) is 26.0 Å². The molecule has 142 valence electrons. The lowest BCUT2D eigenvalue weighted by molar-refractivity contribution is -0.164. The first kappa shape index (κ1) is 20.6. The summed E-state index contributed by atoms with van der Waals surface area (Å²) in [6.45, 7) is 8.00. The number of hydrogen-bond acceptors (Lipinski definition) is 5. The normalized spacial score (nSPS) is 19.7. The summed E-state index contributed by atoms with van der Waals surface area (Å²) in [7, 11) is -3.05. The molecule has 0 aromatic heterocycles. The van der Waals surface area contributed by atoms with Crippen LogP contribution >= 0.6 is 7.60 Å². The molecule has 25 heavy (non-hydrogen) atoms. The highest BCUT2D eigenvalue weighted by atomic mass is 31.2. The largest absolute Gasteiger partial charge is 0.353 e. The number of ether oxygens (including phenoxy) is 2. The molecule has 2 atom stereocenters. The first-order valence-corrected chi connectivity index (χ1v) is 11.0. The van der Waals surface area contributed by atoms with Crippen LogP contribution in [-0.4, -0.2) is 32.7 Å². The van der Waals surface area contributed by atoms with Crippen LogP contribution in [-0.2, 0) is 29.2 Å². The zero-order chi connectivity index (χ0) is 18.1. The van der Waals surface area contributed by atoms with Crippen molar-refractivity contribution in [1.29, 1.82) is 0 Å². The van der Waals surface area contributed by atoms with Gasteiger partial charge in [0.1, 0.15) is 0 Å². The molecule has 0 spiro atoms. The van der Waals surface area contributed by atoms with Crippen LogP contribution in [0.4, 0.5) is 0 Å². The van der Waals surface area contributed by atoms with Gasteiger partial charge in [-0.2, -0.15) is 0 Å². The fourth-order valence-electron chi connectivity index (χ4n) is 2.89. The Morgan fingerprint density at radius 3 is 2.40 bits per heavy atom. The third-order valence-electron chi connectivity index (χ3n) is 4.25. The van der Waals surface area contributed by atoms with Crippen LogP contribution in [0.3, 0.4) is 0 Å². The summed E-state index contributed by atoms with van der Waals surface area (Å²) in [6, 6.07) is 8.11. The number of hydrogen-bond donors (Lipinski definition) is 0. The minimum atomic E-state index is -3.05. The van der Waals surface area contributed by atoms with Gasteiger partial charge in [-0.1, -0.05) is 31.2 Å². The van der Waals surface area contributed by atoms with Crippen LogP contribution in [0, 0.1) is 0 Å². The van der Waals surface area contributed by atoms with Crippen LogP contribution < -0.4 is 0 Å². The molecule has 1 aliphatic heterocycles. The van der Waals surface area contributed by atoms with Crippen LogP contribution in [0.5, 0.6) is 0 Å². The summed E-state index contributed by atoms with van der Waals surface area (Å²) in [5, 5.41) is 0. The minimum absolute atomic E-state index is 0.0567. The highest BCUT2D eigenvalue weighted by molar-refractivity contribution is 7.53. The molecule has 1 aliphatic rings. The first-order chi connectivity index (χ1) is 12.1. The Balaban J connectivity index is 1.88. The maximum absolute atomic E-state index is 12.6. The molecule has 2 unspecified atom stereocenters. The molecule has 0 aliphatic carbocycles. The van der Waals surface area contributed by atoms with Crippen molar-refractivity contribution in [3.05, 3.63) is 35.4 Å². The van der Waals surface area contributed by atoms with E-state index in [1.807, 2.05) is 26.0 Å². The molecule has 0 saturated carbocycles. The quantitative estimate of drug-likeness (QED) is 0.536. The highest BCUT2D eigenvalue weighted by Crippen LogP contribution is 2.51. The van der Waals surface area contributed by atoms with Crippen molar-refractivity contribution in [2.24, 2.45) is 0 Å². The third-order valence-corrected chi connectivity index (χ3v) is 6.30. The second-order valence-electron chi connectivity index (χ2n) is 6.38. The van der Waals surface area contributed by atoms with E-state index in [1.54, 1.807) is 0 Å². The zero-order valence-electron chi connectivity index (χ0n) is 15.6. The zero-order valence-corrected chi connectivity index (χ0v) is 16.5. The van der Waals surface area contributed by atoms with Gasteiger partial charge in [0.2, 0.25) is 0 Å². The standard InChI is InChI=1S/C19H31O5P/c1-4-23-25(20,24-5-2)15-17-9-11-18(12-10-17)16(3)14-22-19-8-6-7-13-21-19/h9-12,16,19H,4-8,13-15H2,1-3H3. The second kappa shape index (κ2) is 10.4. The minimum Gasteiger partial charge on any atom is -0.353 e. The Bertz CT molecular complexity index is 529. The predicted molar refractivity (Wildman–Crippen MR) is 99.0 cm³/mol. The maximum Gasteiger partial charge on any atom is 0.335 e. The topological polar surface area (TPSA) is 54.0 Å². The fraction of sp³-hybridized carbons (Fsp3) is 0.684. The van der Waals surface area contributed by atoms with Crippen molar-refractivity contribution >= 4 is 7.60 Å². The molecule has 1 fully saturated rings. The van der Waals surface area contributed by atoms with Gasteiger partial charge in [-0.15, -0.1) is 0 Å². The van der Waals surface area contributed by atoms with E-state index < -0.39 is 7.60 Å². The lowest BCUT2D eigenvalue weighted by Gasteiger charge is -2.24. The molecular formula is C19H31O5P. The van der Waals surface area contributed by atoms with Gasteiger partial charge in [-0.05, 0) is 44.2 Å². The van der Waals surface area contributed by atoms with Gasteiger partial charge in [0.25, 0.3) is 0 Å². The van der Waals surface area contributed by atoms with Crippen molar-refractivity contribution in [3.8, 4) is 0 Å². The Morgan fingerprint density at radius 2 is 1.84 bits per heavy atom. The first-order valence-electron chi connectivity index (χ1n) is 9.26. The van der Waals surface area contributed by atoms with E-state index in [1.165, 1.54) is 12.0 Å². The molecule has 6 heteroatoms. The van der Waals surface area contributed by atoms with Crippen molar-refractivity contribution in [3.63, 3.8) is 0 Å². The van der Waals surface area contributed by atoms with Crippen LogP contribution in [0.1, 0.15) is 57.1 Å². The van der Waals surface area contributed by atoms with Crippen LogP contribution in [0.25, 0.3) is 0 Å². The number of rotatable bonds is 10. The van der Waals surface area contributed by atoms with Crippen LogP contribution in [0.15, 0.2) is 24.3 Å². The molecule has 1 saturated heterocycles. The average molecular weight is 370 g/mol. The lowest BCUT2D eigenvalue weighted by Crippen LogP contribution is -2.24. The van der Waals surface area contributed by atoms with E-state index in [2.05, 4.69) is 19.1 Å². The monoisotopic (exact) mass is 370 g/mol. The van der Waals surface area contributed by atoms with Gasteiger partial charge < -0.3 is 18.5 Å². The fourth-order valence-corrected chi connectivity index (χ4v) is 4.59. The predicted octanol–water partition coefficient (Wildman–Crippen LogP) is 5.10. The molecule has 0 radical (unpaired) electrons. The van der Waals surface area contributed by atoms with Crippen LogP contribution in [0.2, 0.25) is 0 Å². The SMILES string of the molecule is CCOP(=O)(Cc1ccc(C(C)COC2CCCCO2)cc1)OCC. The summed E-state index contributed by atoms with van der Waals surface area (Å²) in [6.07, 6.45) is 3.53. The van der Waals surface area contributed by atoms with Gasteiger partial charge in [0, 0.05) is 12.5 Å². The van der Waals surface area contributed by atoms with Gasteiger partial charge in [-0.3, -0.25) is 4.57 Å². The molecule has 2 rings (SSSR count). The maximum atomic E-state index is 12.6. The smallest absolute Gasteiger partial charge is 0.335 e. The Hall–Kier alpha value is -0.710. The van der Waals surface area contributed by atoms with Crippen molar-refractivity contribution in [2.45, 2.75) is 58.4 Å². The van der Waals surface area contributed by atoms with E-state index in [9.17, 15) is 4.57 Å². The van der Waals surface area contributed by atoms with Crippen molar-refractivity contribution in [1.82, 2.24) is 0 Å². The van der Waals surface area contributed by atoms with Gasteiger partial charge >= 0.3 is 7.60 Å². The van der Waals surface area contributed by atoms with E-state index in [0.717, 1.165) is 25.0 Å². The third kappa shape index (κ3) is 6.84.